The highest BCUT2D eigenvalue weighted by atomic mass is 15.1. The van der Waals surface area contributed by atoms with Crippen LogP contribution in [-0.4, -0.2) is 6.72 Å². The Morgan fingerprint density at radius 3 is 1.95 bits per heavy atom. The molecule has 0 radical (unpaired) electrons. The summed E-state index contributed by atoms with van der Waals surface area (Å²) in [5.41, 5.74) is 22.0. The number of rotatable bonds is 8. The van der Waals surface area contributed by atoms with Gasteiger partial charge >= 0.3 is 0 Å². The zero-order valence-electron chi connectivity index (χ0n) is 39.2. The maximum atomic E-state index is 5.95. The fraction of sp³-hybridized carbons (Fsp3) is 0.145. The Kier molecular flexibility index (Phi) is 21.8. The molecule has 6 aromatic rings. The third kappa shape index (κ3) is 15.7. The first kappa shape index (κ1) is 50.2. The number of benzene rings is 6. The van der Waals surface area contributed by atoms with Gasteiger partial charge in [0.2, 0.25) is 0 Å². The van der Waals surface area contributed by atoms with Crippen LogP contribution in [-0.2, 0) is 12.8 Å². The fourth-order valence-electron chi connectivity index (χ4n) is 7.18. The predicted octanol–water partition coefficient (Wildman–Crippen LogP) is 17.1. The summed E-state index contributed by atoms with van der Waals surface area (Å²) in [7, 11) is 0. The van der Waals surface area contributed by atoms with E-state index < -0.39 is 0 Å². The molecule has 65 heavy (non-hydrogen) atoms. The monoisotopic (exact) mass is 854 g/mol. The quantitative estimate of drug-likeness (QED) is 0.0941. The lowest BCUT2D eigenvalue weighted by Gasteiger charge is -2.27. The second kappa shape index (κ2) is 28.2. The van der Waals surface area contributed by atoms with Crippen LogP contribution in [0.15, 0.2) is 248 Å². The van der Waals surface area contributed by atoms with Crippen molar-refractivity contribution in [1.82, 2.24) is 0 Å². The molecule has 0 unspecified atom stereocenters. The molecule has 1 aliphatic carbocycles. The van der Waals surface area contributed by atoms with Crippen LogP contribution >= 0.6 is 0 Å². The van der Waals surface area contributed by atoms with Crippen LogP contribution < -0.4 is 10.6 Å². The molecule has 3 nitrogen and oxygen atoms in total. The van der Waals surface area contributed by atoms with Crippen molar-refractivity contribution in [3.8, 4) is 11.1 Å². The van der Waals surface area contributed by atoms with Crippen LogP contribution in [0.1, 0.15) is 68.4 Å². The van der Waals surface area contributed by atoms with Crippen molar-refractivity contribution in [3.63, 3.8) is 0 Å². The average molecular weight is 854 g/mol. The second-order valence-electron chi connectivity index (χ2n) is 14.9. The number of fused-ring (bicyclic) bond motifs is 1. The largest absolute Gasteiger partial charge is 0.398 e. The van der Waals surface area contributed by atoms with E-state index in [9.17, 15) is 0 Å². The second-order valence-corrected chi connectivity index (χ2v) is 14.9. The molecule has 1 heterocycles. The summed E-state index contributed by atoms with van der Waals surface area (Å²) < 4.78 is 0. The number of para-hydroxylation sites is 1. The molecule has 0 saturated heterocycles. The third-order valence-corrected chi connectivity index (χ3v) is 10.5. The number of nitrogens with two attached hydrogens (primary N) is 1. The summed E-state index contributed by atoms with van der Waals surface area (Å²) in [5, 5.41) is 0. The lowest BCUT2D eigenvalue weighted by molar-refractivity contribution is 1.04. The topological polar surface area (TPSA) is 41.6 Å². The van der Waals surface area contributed by atoms with Gasteiger partial charge in [-0.2, -0.15) is 0 Å². The van der Waals surface area contributed by atoms with Crippen molar-refractivity contribution >= 4 is 34.9 Å². The standard InChI is InChI=1S/C25H21N.C14H15N.C13H15N.C8H10.C2H6/c1-20-10-4-2-7-13-23-14-8-9-15-25(23)26(20)24-18-16-22(17-19-24)21-11-5-3-6-12-21;1-4-9-14(15-3)13(5-2)12-10-7-6-8-11-12;1-10-7-8-13(14)12(9-10)11-5-3-2-4-6-11;1-2-8-6-4-3-5-7-8;1-2/h2-12,14-19H,1,13H2;4-11H,1,3H2,2H3;3,5-9H,2,4,14H2,1H3;3-7H,2H2,1H3;1-2H3/b7-2-,10-4-;13-5-,14-9+;;;. The smallest absolute Gasteiger partial charge is 0.0697 e. The van der Waals surface area contributed by atoms with Gasteiger partial charge in [0.25, 0.3) is 0 Å². The van der Waals surface area contributed by atoms with Gasteiger partial charge in [0.1, 0.15) is 0 Å². The zero-order valence-corrected chi connectivity index (χ0v) is 39.2. The van der Waals surface area contributed by atoms with Gasteiger partial charge in [-0.1, -0.05) is 215 Å². The summed E-state index contributed by atoms with van der Waals surface area (Å²) in [6.45, 7) is 21.8. The van der Waals surface area contributed by atoms with Crippen LogP contribution in [0.2, 0.25) is 0 Å². The van der Waals surface area contributed by atoms with Gasteiger partial charge in [0, 0.05) is 33.9 Å². The molecule has 0 saturated carbocycles. The van der Waals surface area contributed by atoms with Gasteiger partial charge in [0.05, 0.1) is 5.70 Å². The Morgan fingerprint density at radius 1 is 0.723 bits per heavy atom. The molecule has 0 atom stereocenters. The van der Waals surface area contributed by atoms with Crippen LogP contribution in [0, 0.1) is 6.92 Å². The lowest BCUT2D eigenvalue weighted by Crippen LogP contribution is -2.15. The zero-order chi connectivity index (χ0) is 46.7. The molecular weight excluding hydrogens is 787 g/mol. The van der Waals surface area contributed by atoms with E-state index in [1.165, 1.54) is 44.6 Å². The van der Waals surface area contributed by atoms with E-state index >= 15 is 0 Å². The first-order chi connectivity index (χ1) is 31.9. The molecule has 0 spiro atoms. The first-order valence-corrected chi connectivity index (χ1v) is 22.7. The van der Waals surface area contributed by atoms with E-state index in [4.69, 9.17) is 5.73 Å². The molecule has 8 rings (SSSR count). The van der Waals surface area contributed by atoms with E-state index in [1.54, 1.807) is 6.08 Å². The number of anilines is 3. The van der Waals surface area contributed by atoms with E-state index in [0.717, 1.165) is 59.6 Å². The van der Waals surface area contributed by atoms with E-state index in [-0.39, 0.29) is 0 Å². The fourth-order valence-corrected chi connectivity index (χ4v) is 7.18. The minimum absolute atomic E-state index is 0.846. The van der Waals surface area contributed by atoms with Gasteiger partial charge in [-0.15, -0.1) is 0 Å². The van der Waals surface area contributed by atoms with E-state index in [2.05, 4.69) is 201 Å². The summed E-state index contributed by atoms with van der Waals surface area (Å²) in [4.78, 5) is 6.23. The van der Waals surface area contributed by atoms with Crippen molar-refractivity contribution in [3.05, 3.63) is 271 Å². The number of aliphatic imine (C=N–C) groups is 1. The highest BCUT2D eigenvalue weighted by Crippen LogP contribution is 2.35. The number of nitrogens with zero attached hydrogens (tertiary/aromatic N) is 2. The number of hydrogen-bond donors (Lipinski definition) is 1. The Labute approximate surface area is 391 Å². The van der Waals surface area contributed by atoms with Crippen LogP contribution in [0.5, 0.6) is 0 Å². The minimum atomic E-state index is 0.846. The Morgan fingerprint density at radius 2 is 1.35 bits per heavy atom. The summed E-state index contributed by atoms with van der Waals surface area (Å²) in [5.74, 6) is 0. The molecule has 6 aromatic carbocycles. The maximum Gasteiger partial charge on any atom is 0.0697 e. The molecule has 0 aromatic heterocycles. The maximum absolute atomic E-state index is 5.95. The molecule has 0 amide bonds. The summed E-state index contributed by atoms with van der Waals surface area (Å²) >= 11 is 0. The van der Waals surface area contributed by atoms with Gasteiger partial charge in [-0.25, -0.2) is 0 Å². The van der Waals surface area contributed by atoms with Gasteiger partial charge < -0.3 is 10.6 Å². The Hall–Kier alpha value is -7.49. The third-order valence-electron chi connectivity index (χ3n) is 10.5. The molecule has 3 heteroatoms. The molecule has 0 fully saturated rings. The number of hydrogen-bond acceptors (Lipinski definition) is 3. The van der Waals surface area contributed by atoms with Gasteiger partial charge in [-0.05, 0) is 122 Å². The van der Waals surface area contributed by atoms with E-state index in [1.807, 2.05) is 75.4 Å². The number of nitrogen functional groups attached to an aromatic ring is 1. The van der Waals surface area contributed by atoms with Crippen molar-refractivity contribution in [1.29, 1.82) is 0 Å². The molecule has 2 aliphatic rings. The number of aryl methyl sites for hydroxylation is 2. The average Bonchev–Trinajstić information content (AvgIpc) is 3.45. The summed E-state index contributed by atoms with van der Waals surface area (Å²) in [6.07, 6.45) is 24.9. The molecule has 0 bridgehead atoms. The first-order valence-electron chi connectivity index (χ1n) is 22.7. The minimum Gasteiger partial charge on any atom is -0.398 e. The molecule has 2 N–H and O–H groups in total. The molecular formula is C62H67N3. The summed E-state index contributed by atoms with van der Waals surface area (Å²) in [6, 6.07) is 54.4. The van der Waals surface area contributed by atoms with Crippen molar-refractivity contribution in [2.75, 3.05) is 10.6 Å². The highest BCUT2D eigenvalue weighted by molar-refractivity contribution is 5.82. The van der Waals surface area contributed by atoms with Gasteiger partial charge in [-0.3, -0.25) is 4.99 Å². The van der Waals surface area contributed by atoms with Crippen LogP contribution in [0.4, 0.5) is 17.1 Å². The van der Waals surface area contributed by atoms with Crippen molar-refractivity contribution < 1.29 is 0 Å². The molecule has 1 aliphatic heterocycles. The van der Waals surface area contributed by atoms with Crippen molar-refractivity contribution in [2.45, 2.75) is 60.3 Å². The van der Waals surface area contributed by atoms with Crippen LogP contribution in [0.25, 0.3) is 22.3 Å². The normalized spacial score (nSPS) is 13.8. The van der Waals surface area contributed by atoms with Gasteiger partial charge in [0.15, 0.2) is 0 Å². The Bertz CT molecular complexity index is 2570. The molecule has 330 valence electrons. The van der Waals surface area contributed by atoms with E-state index in [0.29, 0.717) is 0 Å². The predicted molar refractivity (Wildman–Crippen MR) is 289 cm³/mol. The lowest BCUT2D eigenvalue weighted by atomic mass is 9.97. The van der Waals surface area contributed by atoms with Crippen molar-refractivity contribution in [2.24, 2.45) is 4.99 Å². The Balaban J connectivity index is 0.000000203. The number of allylic oxidation sites excluding steroid dienone is 12. The van der Waals surface area contributed by atoms with Crippen LogP contribution in [0.3, 0.4) is 0 Å². The SMILES string of the molecule is C=C/C=C(N=C)\C(=C/C)c1ccccc1.C=C1/C=C\C=C/Cc2ccccc2N1c1ccc(-c2ccccc2)cc1.CC.CCc1ccccc1.Cc1ccc(N)c(C2=CCCC=C2)c1. The highest BCUT2D eigenvalue weighted by Gasteiger charge is 2.15.